The summed E-state index contributed by atoms with van der Waals surface area (Å²) in [6, 6.07) is 7.07. The van der Waals surface area contributed by atoms with Crippen LogP contribution in [0, 0.1) is 5.92 Å². The maximum Gasteiger partial charge on any atom is 0.251 e. The van der Waals surface area contributed by atoms with Gasteiger partial charge >= 0.3 is 0 Å². The van der Waals surface area contributed by atoms with Crippen LogP contribution in [0.25, 0.3) is 0 Å². The molecule has 0 saturated carbocycles. The van der Waals surface area contributed by atoms with E-state index in [0.29, 0.717) is 18.5 Å². The van der Waals surface area contributed by atoms with E-state index >= 15 is 0 Å². The summed E-state index contributed by atoms with van der Waals surface area (Å²) in [6.07, 6.45) is 1.74. The Morgan fingerprint density at radius 2 is 2.23 bits per heavy atom. The number of nitrogens with zero attached hydrogens (tertiary/aromatic N) is 1. The average Bonchev–Trinajstić information content (AvgIpc) is 2.97. The van der Waals surface area contributed by atoms with Gasteiger partial charge in [-0.1, -0.05) is 26.3 Å². The van der Waals surface area contributed by atoms with Crippen LogP contribution in [-0.4, -0.2) is 36.1 Å². The zero-order chi connectivity index (χ0) is 16.1. The van der Waals surface area contributed by atoms with Crippen molar-refractivity contribution in [2.75, 3.05) is 18.0 Å². The molecular formula is C17H24N2O3. The molecule has 0 spiro atoms. The van der Waals surface area contributed by atoms with Crippen molar-refractivity contribution in [1.82, 2.24) is 5.32 Å². The Bertz CT molecular complexity index is 544. The highest BCUT2D eigenvalue weighted by molar-refractivity contribution is 5.99. The van der Waals surface area contributed by atoms with Gasteiger partial charge in [0.1, 0.15) is 0 Å². The number of aliphatic hydroxyl groups is 1. The van der Waals surface area contributed by atoms with Crippen LogP contribution in [0.5, 0.6) is 0 Å². The van der Waals surface area contributed by atoms with Crippen LogP contribution in [-0.2, 0) is 4.79 Å². The Morgan fingerprint density at radius 3 is 2.86 bits per heavy atom. The van der Waals surface area contributed by atoms with E-state index in [1.54, 1.807) is 23.1 Å². The Labute approximate surface area is 131 Å². The van der Waals surface area contributed by atoms with E-state index in [1.165, 1.54) is 0 Å². The lowest BCUT2D eigenvalue weighted by atomic mass is 10.0. The number of amides is 2. The van der Waals surface area contributed by atoms with Crippen molar-refractivity contribution in [3.05, 3.63) is 29.8 Å². The minimum Gasteiger partial charge on any atom is -0.391 e. The average molecular weight is 304 g/mol. The van der Waals surface area contributed by atoms with Gasteiger partial charge < -0.3 is 15.3 Å². The first-order valence-corrected chi connectivity index (χ1v) is 7.89. The van der Waals surface area contributed by atoms with E-state index < -0.39 is 6.10 Å². The fourth-order valence-corrected chi connectivity index (χ4v) is 2.51. The molecule has 1 aliphatic heterocycles. The molecule has 2 unspecified atom stereocenters. The molecule has 1 aliphatic rings. The van der Waals surface area contributed by atoms with Crippen molar-refractivity contribution in [3.8, 4) is 0 Å². The van der Waals surface area contributed by atoms with Crippen LogP contribution in [0.3, 0.4) is 0 Å². The molecule has 1 saturated heterocycles. The fraction of sp³-hybridized carbons (Fsp3) is 0.529. The molecule has 1 heterocycles. The van der Waals surface area contributed by atoms with Gasteiger partial charge in [-0.25, -0.2) is 0 Å². The standard InChI is InChI=1S/C17H24N2O3/c1-3-12(2)15(20)11-18-17(22)13-6-4-7-14(10-13)19-9-5-8-16(19)21/h4,6-7,10,12,15,20H,3,5,8-9,11H2,1-2H3,(H,18,22). The number of benzene rings is 1. The first-order chi connectivity index (χ1) is 10.5. The molecular weight excluding hydrogens is 280 g/mol. The predicted octanol–water partition coefficient (Wildman–Crippen LogP) is 1.95. The lowest BCUT2D eigenvalue weighted by molar-refractivity contribution is -0.117. The third-order valence-corrected chi connectivity index (χ3v) is 4.27. The van der Waals surface area contributed by atoms with Crippen LogP contribution in [0.15, 0.2) is 24.3 Å². The summed E-state index contributed by atoms with van der Waals surface area (Å²) in [5.74, 6) is 0.0226. The Balaban J connectivity index is 2.00. The quantitative estimate of drug-likeness (QED) is 0.844. The maximum absolute atomic E-state index is 12.2. The maximum atomic E-state index is 12.2. The summed E-state index contributed by atoms with van der Waals surface area (Å²) >= 11 is 0. The molecule has 0 bridgehead atoms. The molecule has 1 aromatic carbocycles. The molecule has 2 rings (SSSR count). The van der Waals surface area contributed by atoms with E-state index in [2.05, 4.69) is 5.32 Å². The highest BCUT2D eigenvalue weighted by Gasteiger charge is 2.22. The first-order valence-electron chi connectivity index (χ1n) is 7.89. The molecule has 2 amide bonds. The van der Waals surface area contributed by atoms with Crippen molar-refractivity contribution in [3.63, 3.8) is 0 Å². The number of carbonyl (C=O) groups excluding carboxylic acids is 2. The summed E-state index contributed by atoms with van der Waals surface area (Å²) in [7, 11) is 0. The van der Waals surface area contributed by atoms with Crippen molar-refractivity contribution in [2.24, 2.45) is 5.92 Å². The number of rotatable bonds is 6. The van der Waals surface area contributed by atoms with Gasteiger partial charge in [0.2, 0.25) is 5.91 Å². The van der Waals surface area contributed by atoms with E-state index in [4.69, 9.17) is 0 Å². The lowest BCUT2D eigenvalue weighted by Gasteiger charge is -2.18. The van der Waals surface area contributed by atoms with Crippen LogP contribution >= 0.6 is 0 Å². The number of aliphatic hydroxyl groups excluding tert-OH is 1. The molecule has 2 atom stereocenters. The summed E-state index contributed by atoms with van der Waals surface area (Å²) < 4.78 is 0. The van der Waals surface area contributed by atoms with Gasteiger partial charge in [0, 0.05) is 30.8 Å². The van der Waals surface area contributed by atoms with Crippen molar-refractivity contribution in [2.45, 2.75) is 39.2 Å². The second kappa shape index (κ2) is 7.40. The smallest absolute Gasteiger partial charge is 0.251 e. The third kappa shape index (κ3) is 3.85. The highest BCUT2D eigenvalue weighted by Crippen LogP contribution is 2.22. The van der Waals surface area contributed by atoms with Gasteiger partial charge in [0.05, 0.1) is 6.10 Å². The van der Waals surface area contributed by atoms with Gasteiger partial charge in [-0.05, 0) is 30.5 Å². The third-order valence-electron chi connectivity index (χ3n) is 4.27. The predicted molar refractivity (Wildman–Crippen MR) is 85.8 cm³/mol. The number of hydrogen-bond acceptors (Lipinski definition) is 3. The fourth-order valence-electron chi connectivity index (χ4n) is 2.51. The van der Waals surface area contributed by atoms with E-state index in [0.717, 1.165) is 18.5 Å². The largest absolute Gasteiger partial charge is 0.391 e. The van der Waals surface area contributed by atoms with Crippen LogP contribution in [0.2, 0.25) is 0 Å². The summed E-state index contributed by atoms with van der Waals surface area (Å²) in [6.45, 7) is 4.90. The second-order valence-electron chi connectivity index (χ2n) is 5.86. The Morgan fingerprint density at radius 1 is 1.45 bits per heavy atom. The van der Waals surface area contributed by atoms with Gasteiger partial charge in [0.15, 0.2) is 0 Å². The molecule has 1 fully saturated rings. The normalized spacial score (nSPS) is 17.4. The summed E-state index contributed by atoms with van der Waals surface area (Å²) in [4.78, 5) is 25.7. The molecule has 0 aromatic heterocycles. The van der Waals surface area contributed by atoms with Crippen molar-refractivity contribution in [1.29, 1.82) is 0 Å². The molecule has 5 heteroatoms. The Kier molecular flexibility index (Phi) is 5.55. The van der Waals surface area contributed by atoms with E-state index in [9.17, 15) is 14.7 Å². The number of anilines is 1. The highest BCUT2D eigenvalue weighted by atomic mass is 16.3. The van der Waals surface area contributed by atoms with Crippen LogP contribution < -0.4 is 10.2 Å². The number of carbonyl (C=O) groups is 2. The molecule has 5 nitrogen and oxygen atoms in total. The van der Waals surface area contributed by atoms with Crippen molar-refractivity contribution >= 4 is 17.5 Å². The molecule has 0 aliphatic carbocycles. The molecule has 2 N–H and O–H groups in total. The minimum atomic E-state index is -0.544. The molecule has 22 heavy (non-hydrogen) atoms. The van der Waals surface area contributed by atoms with Gasteiger partial charge in [-0.3, -0.25) is 9.59 Å². The molecule has 120 valence electrons. The second-order valence-corrected chi connectivity index (χ2v) is 5.86. The minimum absolute atomic E-state index is 0.102. The van der Waals surface area contributed by atoms with Crippen LogP contribution in [0.1, 0.15) is 43.5 Å². The zero-order valence-electron chi connectivity index (χ0n) is 13.2. The zero-order valence-corrected chi connectivity index (χ0v) is 13.2. The van der Waals surface area contributed by atoms with Gasteiger partial charge in [-0.2, -0.15) is 0 Å². The lowest BCUT2D eigenvalue weighted by Crippen LogP contribution is -2.35. The topological polar surface area (TPSA) is 69.6 Å². The van der Waals surface area contributed by atoms with Gasteiger partial charge in [-0.15, -0.1) is 0 Å². The first kappa shape index (κ1) is 16.5. The van der Waals surface area contributed by atoms with E-state index in [1.807, 2.05) is 19.9 Å². The summed E-state index contributed by atoms with van der Waals surface area (Å²) in [5.41, 5.74) is 1.27. The SMILES string of the molecule is CCC(C)C(O)CNC(=O)c1cccc(N2CCCC2=O)c1. The van der Waals surface area contributed by atoms with Crippen LogP contribution in [0.4, 0.5) is 5.69 Å². The van der Waals surface area contributed by atoms with Gasteiger partial charge in [0.25, 0.3) is 5.91 Å². The van der Waals surface area contributed by atoms with E-state index in [-0.39, 0.29) is 24.3 Å². The Hall–Kier alpha value is -1.88. The van der Waals surface area contributed by atoms with Crippen molar-refractivity contribution < 1.29 is 14.7 Å². The monoisotopic (exact) mass is 304 g/mol. The number of hydrogen-bond donors (Lipinski definition) is 2. The molecule has 0 radical (unpaired) electrons. The molecule has 1 aromatic rings. The number of nitrogens with one attached hydrogen (secondary N) is 1. The summed E-state index contributed by atoms with van der Waals surface area (Å²) in [5, 5.41) is 12.7.